The number of hydrogen-bond donors (Lipinski definition) is 1. The zero-order chi connectivity index (χ0) is 11.1. The van der Waals surface area contributed by atoms with Gasteiger partial charge in [-0.2, -0.15) is 0 Å². The summed E-state index contributed by atoms with van der Waals surface area (Å²) >= 11 is 0. The van der Waals surface area contributed by atoms with Gasteiger partial charge in [-0.15, -0.1) is 0 Å². The number of anilines is 1. The van der Waals surface area contributed by atoms with E-state index in [2.05, 4.69) is 10.0 Å². The molecule has 0 aliphatic carbocycles. The van der Waals surface area contributed by atoms with Crippen molar-refractivity contribution in [1.29, 1.82) is 0 Å². The highest BCUT2D eigenvalue weighted by molar-refractivity contribution is 5.56. The molecule has 5 heteroatoms. The Morgan fingerprint density at radius 1 is 1.53 bits per heavy atom. The molecule has 0 saturated heterocycles. The molecule has 0 heterocycles. The molecule has 0 aliphatic heterocycles. The zero-order valence-corrected chi connectivity index (χ0v) is 8.10. The van der Waals surface area contributed by atoms with Crippen LogP contribution in [0.2, 0.25) is 0 Å². The summed E-state index contributed by atoms with van der Waals surface area (Å²) in [6, 6.07) is 4.83. The fraction of sp³-hybridized carbons (Fsp3) is 0.200. The minimum absolute atomic E-state index is 0.132. The number of nitrogen functional groups attached to an aromatic ring is 1. The number of nitrogens with two attached hydrogens (primary N) is 1. The van der Waals surface area contributed by atoms with E-state index >= 15 is 0 Å². The second-order valence-corrected chi connectivity index (χ2v) is 2.90. The van der Waals surface area contributed by atoms with Gasteiger partial charge in [-0.3, -0.25) is 0 Å². The van der Waals surface area contributed by atoms with Crippen LogP contribution in [0, 0.1) is 5.82 Å². The molecule has 0 spiro atoms. The summed E-state index contributed by atoms with van der Waals surface area (Å²) in [4.78, 5) is 2.61. The SMILES string of the molecule is [N-]=[N+]=NCCC=Cc1cccc(N)c1F. The summed E-state index contributed by atoms with van der Waals surface area (Å²) < 4.78 is 13.3. The van der Waals surface area contributed by atoms with Crippen molar-refractivity contribution < 1.29 is 4.39 Å². The first kappa shape index (κ1) is 11.1. The van der Waals surface area contributed by atoms with Crippen LogP contribution in [0.15, 0.2) is 29.4 Å². The van der Waals surface area contributed by atoms with Crippen LogP contribution in [0.4, 0.5) is 10.1 Å². The average Bonchev–Trinajstić information content (AvgIpc) is 2.24. The van der Waals surface area contributed by atoms with Gasteiger partial charge in [0.05, 0.1) is 5.69 Å². The lowest BCUT2D eigenvalue weighted by molar-refractivity contribution is 0.630. The highest BCUT2D eigenvalue weighted by Gasteiger charge is 2.00. The number of benzene rings is 1. The Labute approximate surface area is 86.8 Å². The van der Waals surface area contributed by atoms with Gasteiger partial charge >= 0.3 is 0 Å². The maximum absolute atomic E-state index is 13.3. The summed E-state index contributed by atoms with van der Waals surface area (Å²) in [6.07, 6.45) is 3.95. The quantitative estimate of drug-likeness (QED) is 0.265. The molecule has 0 saturated carbocycles. The van der Waals surface area contributed by atoms with Crippen molar-refractivity contribution in [3.63, 3.8) is 0 Å². The van der Waals surface area contributed by atoms with Crippen LogP contribution in [0.5, 0.6) is 0 Å². The minimum atomic E-state index is -0.419. The van der Waals surface area contributed by atoms with E-state index in [1.807, 2.05) is 0 Å². The molecule has 0 amide bonds. The van der Waals surface area contributed by atoms with Crippen molar-refractivity contribution >= 4 is 11.8 Å². The number of nitrogens with zero attached hydrogens (tertiary/aromatic N) is 3. The van der Waals surface area contributed by atoms with Crippen LogP contribution in [0.1, 0.15) is 12.0 Å². The highest BCUT2D eigenvalue weighted by Crippen LogP contribution is 2.15. The summed E-state index contributed by atoms with van der Waals surface area (Å²) in [5, 5.41) is 3.35. The lowest BCUT2D eigenvalue weighted by atomic mass is 10.1. The van der Waals surface area contributed by atoms with E-state index in [1.165, 1.54) is 6.07 Å². The first-order chi connectivity index (χ1) is 7.25. The average molecular weight is 206 g/mol. The van der Waals surface area contributed by atoms with Gasteiger partial charge in [-0.25, -0.2) is 4.39 Å². The van der Waals surface area contributed by atoms with Gasteiger partial charge < -0.3 is 5.73 Å². The van der Waals surface area contributed by atoms with Gasteiger partial charge in [0.2, 0.25) is 0 Å². The largest absolute Gasteiger partial charge is 0.396 e. The van der Waals surface area contributed by atoms with Crippen molar-refractivity contribution in [2.24, 2.45) is 5.11 Å². The van der Waals surface area contributed by atoms with Crippen molar-refractivity contribution in [3.8, 4) is 0 Å². The smallest absolute Gasteiger partial charge is 0.153 e. The minimum Gasteiger partial charge on any atom is -0.396 e. The molecule has 0 aliphatic rings. The molecule has 1 rings (SSSR count). The number of rotatable bonds is 4. The van der Waals surface area contributed by atoms with Crippen LogP contribution >= 0.6 is 0 Å². The van der Waals surface area contributed by atoms with E-state index in [9.17, 15) is 4.39 Å². The Kier molecular flexibility index (Phi) is 4.19. The molecule has 0 radical (unpaired) electrons. The van der Waals surface area contributed by atoms with Crippen LogP contribution in [0.3, 0.4) is 0 Å². The summed E-state index contributed by atoms with van der Waals surface area (Å²) in [5.41, 5.74) is 14.0. The second-order valence-electron chi connectivity index (χ2n) is 2.90. The molecule has 0 atom stereocenters. The van der Waals surface area contributed by atoms with E-state index in [0.717, 1.165) is 0 Å². The first-order valence-electron chi connectivity index (χ1n) is 4.47. The van der Waals surface area contributed by atoms with Gasteiger partial charge in [-0.1, -0.05) is 29.4 Å². The molecule has 1 aromatic rings. The second kappa shape index (κ2) is 5.67. The summed E-state index contributed by atoms with van der Waals surface area (Å²) in [5.74, 6) is -0.419. The molecular weight excluding hydrogens is 195 g/mol. The Balaban J connectivity index is 2.64. The zero-order valence-electron chi connectivity index (χ0n) is 8.10. The molecule has 1 aromatic carbocycles. The third-order valence-electron chi connectivity index (χ3n) is 1.81. The van der Waals surface area contributed by atoms with E-state index in [-0.39, 0.29) is 5.69 Å². The van der Waals surface area contributed by atoms with E-state index < -0.39 is 5.82 Å². The molecule has 0 aromatic heterocycles. The van der Waals surface area contributed by atoms with Gasteiger partial charge in [-0.05, 0) is 18.0 Å². The topological polar surface area (TPSA) is 74.8 Å². The normalized spacial score (nSPS) is 10.2. The van der Waals surface area contributed by atoms with Crippen LogP contribution in [0.25, 0.3) is 16.5 Å². The standard InChI is InChI=1S/C10H11FN4/c11-10-8(5-3-6-9(10)12)4-1-2-7-14-15-13/h1,3-6H,2,7,12H2. The lowest BCUT2D eigenvalue weighted by Crippen LogP contribution is -1.92. The van der Waals surface area contributed by atoms with Crippen LogP contribution < -0.4 is 5.73 Å². The predicted octanol–water partition coefficient (Wildman–Crippen LogP) is 3.12. The third-order valence-corrected chi connectivity index (χ3v) is 1.81. The Bertz CT molecular complexity index is 408. The van der Waals surface area contributed by atoms with Crippen LogP contribution in [-0.2, 0) is 0 Å². The van der Waals surface area contributed by atoms with Crippen LogP contribution in [-0.4, -0.2) is 6.54 Å². The van der Waals surface area contributed by atoms with E-state index in [0.29, 0.717) is 18.5 Å². The van der Waals surface area contributed by atoms with E-state index in [1.54, 1.807) is 24.3 Å². The van der Waals surface area contributed by atoms with E-state index in [4.69, 9.17) is 11.3 Å². The molecular formula is C10H11FN4. The molecule has 0 bridgehead atoms. The first-order valence-corrected chi connectivity index (χ1v) is 4.47. The Morgan fingerprint density at radius 2 is 2.33 bits per heavy atom. The number of azide groups is 1. The van der Waals surface area contributed by atoms with Crippen molar-refractivity contribution in [1.82, 2.24) is 0 Å². The van der Waals surface area contributed by atoms with Gasteiger partial charge in [0, 0.05) is 17.0 Å². The molecule has 78 valence electrons. The molecule has 15 heavy (non-hydrogen) atoms. The predicted molar refractivity (Wildman–Crippen MR) is 58.5 cm³/mol. The van der Waals surface area contributed by atoms with Gasteiger partial charge in [0.15, 0.2) is 5.82 Å². The monoisotopic (exact) mass is 206 g/mol. The molecule has 4 nitrogen and oxygen atoms in total. The molecule has 0 unspecified atom stereocenters. The van der Waals surface area contributed by atoms with Crippen molar-refractivity contribution in [2.75, 3.05) is 12.3 Å². The number of hydrogen-bond acceptors (Lipinski definition) is 2. The molecule has 2 N–H and O–H groups in total. The third kappa shape index (κ3) is 3.32. The van der Waals surface area contributed by atoms with Crippen molar-refractivity contribution in [2.45, 2.75) is 6.42 Å². The highest BCUT2D eigenvalue weighted by atomic mass is 19.1. The summed E-state index contributed by atoms with van der Waals surface area (Å²) in [6.45, 7) is 0.372. The Morgan fingerprint density at radius 3 is 3.07 bits per heavy atom. The fourth-order valence-corrected chi connectivity index (χ4v) is 1.08. The van der Waals surface area contributed by atoms with Crippen molar-refractivity contribution in [3.05, 3.63) is 46.1 Å². The fourth-order valence-electron chi connectivity index (χ4n) is 1.08. The maximum atomic E-state index is 13.3. The van der Waals surface area contributed by atoms with Gasteiger partial charge in [0.25, 0.3) is 0 Å². The van der Waals surface area contributed by atoms with Gasteiger partial charge in [0.1, 0.15) is 0 Å². The molecule has 0 fully saturated rings. The Hall–Kier alpha value is -2.00. The summed E-state index contributed by atoms with van der Waals surface area (Å²) in [7, 11) is 0. The lowest BCUT2D eigenvalue weighted by Gasteiger charge is -1.99. The maximum Gasteiger partial charge on any atom is 0.153 e. The number of halogens is 1.